The molecule has 1 aliphatic rings. The van der Waals surface area contributed by atoms with Crippen molar-refractivity contribution in [1.82, 2.24) is 0 Å². The number of hydrogen-bond acceptors (Lipinski definition) is 3. The van der Waals surface area contributed by atoms with Gasteiger partial charge in [0.2, 0.25) is 0 Å². The van der Waals surface area contributed by atoms with Crippen molar-refractivity contribution in [2.45, 2.75) is 19.4 Å². The lowest BCUT2D eigenvalue weighted by Crippen LogP contribution is -2.30. The molecule has 4 N–H and O–H groups in total. The molecule has 2 unspecified atom stereocenters. The van der Waals surface area contributed by atoms with Gasteiger partial charge in [-0.2, -0.15) is 0 Å². The normalized spacial score (nSPS) is 23.4. The molecule has 98 valence electrons. The fourth-order valence-electron chi connectivity index (χ4n) is 2.60. The zero-order valence-corrected chi connectivity index (χ0v) is 10.4. The summed E-state index contributed by atoms with van der Waals surface area (Å²) in [5.41, 5.74) is 11.9. The summed E-state index contributed by atoms with van der Waals surface area (Å²) in [5.74, 6) is -0.645. The summed E-state index contributed by atoms with van der Waals surface area (Å²) >= 11 is 0. The van der Waals surface area contributed by atoms with Crippen LogP contribution < -0.4 is 16.4 Å². The van der Waals surface area contributed by atoms with Gasteiger partial charge in [-0.05, 0) is 44.0 Å². The van der Waals surface area contributed by atoms with Crippen LogP contribution >= 0.6 is 0 Å². The summed E-state index contributed by atoms with van der Waals surface area (Å²) in [6.45, 7) is 3.47. The van der Waals surface area contributed by atoms with Crippen molar-refractivity contribution in [3.63, 3.8) is 0 Å². The highest BCUT2D eigenvalue weighted by molar-refractivity contribution is 5.98. The average molecular weight is 251 g/mol. The molecule has 1 saturated heterocycles. The van der Waals surface area contributed by atoms with E-state index in [1.807, 2.05) is 0 Å². The number of rotatable bonds is 3. The first-order chi connectivity index (χ1) is 8.52. The summed E-state index contributed by atoms with van der Waals surface area (Å²) in [7, 11) is 0. The van der Waals surface area contributed by atoms with E-state index < -0.39 is 11.7 Å². The summed E-state index contributed by atoms with van der Waals surface area (Å²) < 4.78 is 13.2. The van der Waals surface area contributed by atoms with Gasteiger partial charge < -0.3 is 16.4 Å². The molecule has 1 amide bonds. The largest absolute Gasteiger partial charge is 0.368 e. The maximum Gasteiger partial charge on any atom is 0.250 e. The Labute approximate surface area is 106 Å². The highest BCUT2D eigenvalue weighted by atomic mass is 19.1. The zero-order valence-electron chi connectivity index (χ0n) is 10.4. The minimum Gasteiger partial charge on any atom is -0.368 e. The van der Waals surface area contributed by atoms with Gasteiger partial charge in [0.05, 0.1) is 5.56 Å². The molecule has 1 fully saturated rings. The Bertz CT molecular complexity index is 464. The molecule has 0 bridgehead atoms. The van der Waals surface area contributed by atoms with E-state index in [0.29, 0.717) is 18.2 Å². The van der Waals surface area contributed by atoms with Gasteiger partial charge in [0, 0.05) is 18.3 Å². The molecule has 1 aromatic carbocycles. The van der Waals surface area contributed by atoms with E-state index in [4.69, 9.17) is 11.5 Å². The Morgan fingerprint density at radius 1 is 1.56 bits per heavy atom. The van der Waals surface area contributed by atoms with Crippen molar-refractivity contribution >= 4 is 11.6 Å². The molecule has 5 heteroatoms. The van der Waals surface area contributed by atoms with Gasteiger partial charge in [-0.3, -0.25) is 4.79 Å². The first kappa shape index (κ1) is 12.8. The molecular weight excluding hydrogens is 233 g/mol. The number of amides is 1. The monoisotopic (exact) mass is 251 g/mol. The quantitative estimate of drug-likeness (QED) is 0.845. The lowest BCUT2D eigenvalue weighted by atomic mass is 10.1. The third kappa shape index (κ3) is 2.31. The predicted octanol–water partition coefficient (Wildman–Crippen LogP) is 1.10. The van der Waals surface area contributed by atoms with E-state index >= 15 is 0 Å². The van der Waals surface area contributed by atoms with Crippen LogP contribution in [0, 0.1) is 11.7 Å². The molecular formula is C13H18FN3O. The van der Waals surface area contributed by atoms with Crippen LogP contribution in [0.5, 0.6) is 0 Å². The van der Waals surface area contributed by atoms with Crippen LogP contribution in [0.15, 0.2) is 18.2 Å². The maximum atomic E-state index is 13.2. The third-order valence-electron chi connectivity index (χ3n) is 3.53. The SMILES string of the molecule is CC1CC(CN)CN1c1ccc(F)cc1C(N)=O. The van der Waals surface area contributed by atoms with Crippen LogP contribution in [0.1, 0.15) is 23.7 Å². The maximum absolute atomic E-state index is 13.2. The molecule has 0 spiro atoms. The molecule has 0 aliphatic carbocycles. The third-order valence-corrected chi connectivity index (χ3v) is 3.53. The van der Waals surface area contributed by atoms with Crippen LogP contribution in [0.4, 0.5) is 10.1 Å². The topological polar surface area (TPSA) is 72.3 Å². The fraction of sp³-hybridized carbons (Fsp3) is 0.462. The second-order valence-electron chi connectivity index (χ2n) is 4.86. The zero-order chi connectivity index (χ0) is 13.3. The molecule has 2 atom stereocenters. The molecule has 2 rings (SSSR count). The van der Waals surface area contributed by atoms with Gasteiger partial charge >= 0.3 is 0 Å². The lowest BCUT2D eigenvalue weighted by Gasteiger charge is -2.25. The number of nitrogens with zero attached hydrogens (tertiary/aromatic N) is 1. The number of hydrogen-bond donors (Lipinski definition) is 2. The van der Waals surface area contributed by atoms with E-state index in [9.17, 15) is 9.18 Å². The van der Waals surface area contributed by atoms with E-state index in [2.05, 4.69) is 11.8 Å². The summed E-state index contributed by atoms with van der Waals surface area (Å²) in [5, 5.41) is 0. The van der Waals surface area contributed by atoms with Gasteiger partial charge in [0.15, 0.2) is 0 Å². The minimum absolute atomic E-state index is 0.236. The van der Waals surface area contributed by atoms with E-state index in [1.54, 1.807) is 6.07 Å². The Kier molecular flexibility index (Phi) is 3.52. The van der Waals surface area contributed by atoms with Gasteiger partial charge in [-0.25, -0.2) is 4.39 Å². The average Bonchev–Trinajstić information content (AvgIpc) is 2.70. The molecule has 0 aromatic heterocycles. The highest BCUT2D eigenvalue weighted by Gasteiger charge is 2.30. The molecule has 0 radical (unpaired) electrons. The van der Waals surface area contributed by atoms with Crippen LogP contribution in [0.2, 0.25) is 0 Å². The van der Waals surface area contributed by atoms with Crippen molar-refractivity contribution in [2.75, 3.05) is 18.0 Å². The van der Waals surface area contributed by atoms with Crippen LogP contribution in [0.25, 0.3) is 0 Å². The first-order valence-electron chi connectivity index (χ1n) is 6.09. The van der Waals surface area contributed by atoms with Crippen molar-refractivity contribution in [2.24, 2.45) is 17.4 Å². The molecule has 18 heavy (non-hydrogen) atoms. The second-order valence-corrected chi connectivity index (χ2v) is 4.86. The Morgan fingerprint density at radius 2 is 2.28 bits per heavy atom. The van der Waals surface area contributed by atoms with Crippen LogP contribution in [0.3, 0.4) is 0 Å². The van der Waals surface area contributed by atoms with Crippen LogP contribution in [-0.4, -0.2) is 25.0 Å². The van der Waals surface area contributed by atoms with E-state index in [-0.39, 0.29) is 11.6 Å². The lowest BCUT2D eigenvalue weighted by molar-refractivity contribution is 0.100. The molecule has 1 aromatic rings. The second kappa shape index (κ2) is 4.94. The Hall–Kier alpha value is -1.62. The summed E-state index contributed by atoms with van der Waals surface area (Å²) in [6, 6.07) is 4.44. The molecule has 1 aliphatic heterocycles. The van der Waals surface area contributed by atoms with Gasteiger partial charge in [0.1, 0.15) is 5.82 Å². The number of benzene rings is 1. The van der Waals surface area contributed by atoms with Crippen molar-refractivity contribution in [3.8, 4) is 0 Å². The number of halogens is 1. The highest BCUT2D eigenvalue weighted by Crippen LogP contribution is 2.31. The predicted molar refractivity (Wildman–Crippen MR) is 68.9 cm³/mol. The van der Waals surface area contributed by atoms with Crippen molar-refractivity contribution in [1.29, 1.82) is 0 Å². The van der Waals surface area contributed by atoms with Crippen molar-refractivity contribution in [3.05, 3.63) is 29.6 Å². The number of primary amides is 1. The standard InChI is InChI=1S/C13H18FN3O/c1-8-4-9(6-15)7-17(8)12-3-2-10(14)5-11(12)13(16)18/h2-3,5,8-9H,4,6-7,15H2,1H3,(H2,16,18). The number of anilines is 1. The van der Waals surface area contributed by atoms with E-state index in [0.717, 1.165) is 13.0 Å². The molecule has 4 nitrogen and oxygen atoms in total. The fourth-order valence-corrected chi connectivity index (χ4v) is 2.60. The first-order valence-corrected chi connectivity index (χ1v) is 6.09. The van der Waals surface area contributed by atoms with Crippen LogP contribution in [-0.2, 0) is 0 Å². The van der Waals surface area contributed by atoms with Crippen molar-refractivity contribution < 1.29 is 9.18 Å². The Balaban J connectivity index is 2.36. The molecule has 1 heterocycles. The summed E-state index contributed by atoms with van der Waals surface area (Å²) in [4.78, 5) is 13.5. The van der Waals surface area contributed by atoms with Gasteiger partial charge in [-0.15, -0.1) is 0 Å². The van der Waals surface area contributed by atoms with E-state index in [1.165, 1.54) is 12.1 Å². The minimum atomic E-state index is -0.604. The number of nitrogens with two attached hydrogens (primary N) is 2. The summed E-state index contributed by atoms with van der Waals surface area (Å²) in [6.07, 6.45) is 0.978. The smallest absolute Gasteiger partial charge is 0.250 e. The Morgan fingerprint density at radius 3 is 2.83 bits per heavy atom. The number of carbonyl (C=O) groups excluding carboxylic acids is 1. The van der Waals surface area contributed by atoms with Gasteiger partial charge in [0.25, 0.3) is 5.91 Å². The number of carbonyl (C=O) groups is 1. The van der Waals surface area contributed by atoms with Gasteiger partial charge in [-0.1, -0.05) is 0 Å². The molecule has 0 saturated carbocycles.